The third-order valence-corrected chi connectivity index (χ3v) is 7.71. The van der Waals surface area contributed by atoms with Gasteiger partial charge in [-0.15, -0.1) is 0 Å². The van der Waals surface area contributed by atoms with E-state index in [1.165, 1.54) is 18.2 Å². The van der Waals surface area contributed by atoms with Gasteiger partial charge < -0.3 is 20.9 Å². The highest BCUT2D eigenvalue weighted by atomic mass is 35.5. The predicted molar refractivity (Wildman–Crippen MR) is 143 cm³/mol. The first-order valence-electron chi connectivity index (χ1n) is 12.3. The second-order valence-electron chi connectivity index (χ2n) is 9.48. The van der Waals surface area contributed by atoms with Gasteiger partial charge in [0.2, 0.25) is 5.91 Å². The first-order chi connectivity index (χ1) is 17.3. The smallest absolute Gasteiger partial charge is 0.319 e. The molecule has 3 amide bonds. The molecule has 0 aromatic heterocycles. The summed E-state index contributed by atoms with van der Waals surface area (Å²) in [5, 5.41) is 9.83. The maximum Gasteiger partial charge on any atom is 0.319 e. The van der Waals surface area contributed by atoms with Crippen LogP contribution in [0.4, 0.5) is 14.9 Å². The summed E-state index contributed by atoms with van der Waals surface area (Å²) in [4.78, 5) is 26.9. The summed E-state index contributed by atoms with van der Waals surface area (Å²) in [5.41, 5.74) is 1.17. The third kappa shape index (κ3) is 7.48. The van der Waals surface area contributed by atoms with Crippen molar-refractivity contribution in [3.05, 3.63) is 62.8 Å². The predicted octanol–water partition coefficient (Wildman–Crippen LogP) is 6.07. The molecule has 1 saturated carbocycles. The summed E-state index contributed by atoms with van der Waals surface area (Å²) in [7, 11) is 0. The SMILES string of the molecule is O=C(Nc1ccc(Cl)cc1F)N[C@H]1CCN(CCCCCNC(=O)C2CC2c2ccc(Cl)c(Cl)c2)C1. The largest absolute Gasteiger partial charge is 0.356 e. The molecule has 2 aromatic rings. The number of unbranched alkanes of at least 4 members (excludes halogenated alkanes) is 2. The van der Waals surface area contributed by atoms with Gasteiger partial charge in [-0.1, -0.05) is 47.3 Å². The van der Waals surface area contributed by atoms with E-state index in [1.54, 1.807) is 6.07 Å². The summed E-state index contributed by atoms with van der Waals surface area (Å²) in [6.07, 6.45) is 4.68. The molecule has 36 heavy (non-hydrogen) atoms. The molecule has 194 valence electrons. The number of likely N-dealkylation sites (tertiary alicyclic amines) is 1. The van der Waals surface area contributed by atoms with Crippen molar-refractivity contribution in [2.24, 2.45) is 5.92 Å². The minimum atomic E-state index is -0.565. The Morgan fingerprint density at radius 3 is 2.64 bits per heavy atom. The highest BCUT2D eigenvalue weighted by Crippen LogP contribution is 2.48. The number of nitrogens with zero attached hydrogens (tertiary/aromatic N) is 1. The highest BCUT2D eigenvalue weighted by Gasteiger charge is 2.43. The van der Waals surface area contributed by atoms with Crippen molar-refractivity contribution in [3.63, 3.8) is 0 Å². The van der Waals surface area contributed by atoms with Crippen molar-refractivity contribution in [2.45, 2.75) is 44.1 Å². The number of rotatable bonds is 10. The zero-order chi connectivity index (χ0) is 25.7. The van der Waals surface area contributed by atoms with Gasteiger partial charge in [0.1, 0.15) is 5.82 Å². The first kappa shape index (κ1) is 27.0. The average molecular weight is 556 g/mol. The normalized spacial score (nSPS) is 21.3. The second-order valence-corrected chi connectivity index (χ2v) is 10.7. The van der Waals surface area contributed by atoms with Crippen LogP contribution in [0.15, 0.2) is 36.4 Å². The lowest BCUT2D eigenvalue weighted by Gasteiger charge is -2.17. The fourth-order valence-corrected chi connectivity index (χ4v) is 5.13. The number of hydrogen-bond donors (Lipinski definition) is 3. The lowest BCUT2D eigenvalue weighted by atomic mass is 10.1. The van der Waals surface area contributed by atoms with E-state index < -0.39 is 11.8 Å². The van der Waals surface area contributed by atoms with E-state index >= 15 is 0 Å². The summed E-state index contributed by atoms with van der Waals surface area (Å²) in [6.45, 7) is 3.30. The molecule has 3 atom stereocenters. The van der Waals surface area contributed by atoms with Gasteiger partial charge >= 0.3 is 6.03 Å². The van der Waals surface area contributed by atoms with E-state index in [2.05, 4.69) is 20.9 Å². The van der Waals surface area contributed by atoms with Gasteiger partial charge in [0, 0.05) is 36.6 Å². The molecular formula is C26H30Cl3FN4O2. The lowest BCUT2D eigenvalue weighted by molar-refractivity contribution is -0.122. The van der Waals surface area contributed by atoms with Gasteiger partial charge in [0.15, 0.2) is 0 Å². The molecule has 0 radical (unpaired) electrons. The van der Waals surface area contributed by atoms with E-state index in [0.29, 0.717) is 16.6 Å². The number of carbonyl (C=O) groups is 2. The summed E-state index contributed by atoms with van der Waals surface area (Å²) in [6, 6.07) is 9.33. The quantitative estimate of drug-likeness (QED) is 0.312. The molecule has 1 heterocycles. The Hall–Kier alpha value is -2.06. The molecule has 2 aromatic carbocycles. The maximum absolute atomic E-state index is 13.8. The molecule has 2 fully saturated rings. The lowest BCUT2D eigenvalue weighted by Crippen LogP contribution is -2.40. The van der Waals surface area contributed by atoms with Crippen molar-refractivity contribution in [1.82, 2.24) is 15.5 Å². The second kappa shape index (κ2) is 12.5. The Kier molecular flexibility index (Phi) is 9.34. The zero-order valence-corrected chi connectivity index (χ0v) is 22.1. The van der Waals surface area contributed by atoms with Gasteiger partial charge in [0.05, 0.1) is 15.7 Å². The van der Waals surface area contributed by atoms with E-state index in [0.717, 1.165) is 57.3 Å². The minimum absolute atomic E-state index is 0.0182. The molecule has 0 spiro atoms. The van der Waals surface area contributed by atoms with Crippen molar-refractivity contribution in [3.8, 4) is 0 Å². The van der Waals surface area contributed by atoms with Gasteiger partial charge in [-0.25, -0.2) is 9.18 Å². The van der Waals surface area contributed by atoms with Crippen molar-refractivity contribution in [1.29, 1.82) is 0 Å². The van der Waals surface area contributed by atoms with Crippen molar-refractivity contribution in [2.75, 3.05) is 31.5 Å². The maximum atomic E-state index is 13.8. The number of benzene rings is 2. The van der Waals surface area contributed by atoms with E-state index in [4.69, 9.17) is 34.8 Å². The van der Waals surface area contributed by atoms with Gasteiger partial charge in [-0.05, 0) is 74.0 Å². The highest BCUT2D eigenvalue weighted by molar-refractivity contribution is 6.42. The molecule has 1 saturated heterocycles. The fourth-order valence-electron chi connectivity index (χ4n) is 4.66. The minimum Gasteiger partial charge on any atom is -0.356 e. The molecule has 2 aliphatic rings. The molecule has 2 unspecified atom stereocenters. The number of urea groups is 1. The number of halogens is 4. The number of nitrogens with one attached hydrogen (secondary N) is 3. The topological polar surface area (TPSA) is 73.5 Å². The number of amides is 3. The van der Waals surface area contributed by atoms with Gasteiger partial charge in [0.25, 0.3) is 0 Å². The van der Waals surface area contributed by atoms with Crippen LogP contribution in [0, 0.1) is 11.7 Å². The summed E-state index contributed by atoms with van der Waals surface area (Å²) >= 11 is 17.8. The Morgan fingerprint density at radius 1 is 1.03 bits per heavy atom. The van der Waals surface area contributed by atoms with Crippen LogP contribution < -0.4 is 16.0 Å². The molecule has 4 rings (SSSR count). The average Bonchev–Trinajstić information content (AvgIpc) is 3.52. The van der Waals surface area contributed by atoms with Crippen LogP contribution in [0.2, 0.25) is 15.1 Å². The summed E-state index contributed by atoms with van der Waals surface area (Å²) in [5.74, 6) is -0.213. The van der Waals surface area contributed by atoms with Gasteiger partial charge in [-0.2, -0.15) is 0 Å². The number of hydrogen-bond acceptors (Lipinski definition) is 3. The zero-order valence-electron chi connectivity index (χ0n) is 19.8. The van der Waals surface area contributed by atoms with Crippen molar-refractivity contribution >= 4 is 52.4 Å². The standard InChI is InChI=1S/C26H30Cl3FN4O2/c27-17-5-7-24(23(30)13-17)33-26(36)32-18-8-11-34(15-18)10-3-1-2-9-31-25(35)20-14-19(20)16-4-6-21(28)22(29)12-16/h4-7,12-13,18-20H,1-3,8-11,14-15H2,(H,31,35)(H2,32,33,36)/t18-,19?,20?/m0/s1. The Bertz CT molecular complexity index is 1100. The Morgan fingerprint density at radius 2 is 1.86 bits per heavy atom. The first-order valence-corrected chi connectivity index (χ1v) is 13.4. The van der Waals surface area contributed by atoms with Crippen LogP contribution in [0.5, 0.6) is 0 Å². The number of anilines is 1. The van der Waals surface area contributed by atoms with Crippen molar-refractivity contribution < 1.29 is 14.0 Å². The summed E-state index contributed by atoms with van der Waals surface area (Å²) < 4.78 is 13.8. The molecule has 10 heteroatoms. The van der Waals surface area contributed by atoms with Crippen LogP contribution in [-0.2, 0) is 4.79 Å². The number of carbonyl (C=O) groups excluding carboxylic acids is 2. The molecule has 3 N–H and O–H groups in total. The van der Waals surface area contributed by atoms with Crippen LogP contribution in [-0.4, -0.2) is 49.1 Å². The Balaban J connectivity index is 1.05. The fraction of sp³-hybridized carbons (Fsp3) is 0.462. The molecule has 6 nitrogen and oxygen atoms in total. The Labute approximate surface area is 225 Å². The van der Waals surface area contributed by atoms with Gasteiger partial charge in [-0.3, -0.25) is 4.79 Å². The van der Waals surface area contributed by atoms with E-state index in [9.17, 15) is 14.0 Å². The molecular weight excluding hydrogens is 526 g/mol. The van der Waals surface area contributed by atoms with Crippen LogP contribution >= 0.6 is 34.8 Å². The molecule has 1 aliphatic heterocycles. The van der Waals surface area contributed by atoms with Crippen LogP contribution in [0.1, 0.15) is 43.6 Å². The monoisotopic (exact) mass is 554 g/mol. The van der Waals surface area contributed by atoms with E-state index in [1.807, 2.05) is 12.1 Å². The third-order valence-electron chi connectivity index (χ3n) is 6.74. The van der Waals surface area contributed by atoms with Crippen LogP contribution in [0.25, 0.3) is 0 Å². The molecule has 1 aliphatic carbocycles. The van der Waals surface area contributed by atoms with E-state index in [-0.39, 0.29) is 34.5 Å². The van der Waals surface area contributed by atoms with Crippen LogP contribution in [0.3, 0.4) is 0 Å². The molecule has 0 bridgehead atoms.